The number of carbonyl (C=O) groups excluding carboxylic acids is 1. The normalized spacial score (nSPS) is 19.6. The van der Waals surface area contributed by atoms with E-state index in [0.29, 0.717) is 18.2 Å². The summed E-state index contributed by atoms with van der Waals surface area (Å²) < 4.78 is 3.62. The SMILES string of the molecule is Cn1nc(-c2ccccc2)cc1C(=O)N1CC[C@@H](n2cc(C3CC3)nn2)C1. The predicted octanol–water partition coefficient (Wildman–Crippen LogP) is 2.64. The van der Waals surface area contributed by atoms with Gasteiger partial charge >= 0.3 is 0 Å². The number of hydrogen-bond acceptors (Lipinski definition) is 4. The largest absolute Gasteiger partial charge is 0.335 e. The van der Waals surface area contributed by atoms with Crippen LogP contribution in [-0.2, 0) is 7.05 Å². The summed E-state index contributed by atoms with van der Waals surface area (Å²) in [5.41, 5.74) is 3.55. The van der Waals surface area contributed by atoms with Crippen LogP contribution in [0.15, 0.2) is 42.6 Å². The zero-order valence-electron chi connectivity index (χ0n) is 15.3. The third kappa shape index (κ3) is 3.03. The Morgan fingerprint density at radius 3 is 2.74 bits per heavy atom. The Morgan fingerprint density at radius 2 is 1.96 bits per heavy atom. The first kappa shape index (κ1) is 16.2. The molecule has 2 aromatic heterocycles. The van der Waals surface area contributed by atoms with Gasteiger partial charge in [0, 0.05) is 37.8 Å². The maximum Gasteiger partial charge on any atom is 0.272 e. The van der Waals surface area contributed by atoms with Gasteiger partial charge in [0.2, 0.25) is 0 Å². The van der Waals surface area contributed by atoms with Crippen molar-refractivity contribution in [2.24, 2.45) is 7.05 Å². The van der Waals surface area contributed by atoms with Gasteiger partial charge in [-0.3, -0.25) is 9.48 Å². The molecule has 138 valence electrons. The van der Waals surface area contributed by atoms with Crippen LogP contribution in [0.25, 0.3) is 11.3 Å². The van der Waals surface area contributed by atoms with Gasteiger partial charge in [0.1, 0.15) is 5.69 Å². The van der Waals surface area contributed by atoms with Crippen LogP contribution in [0.2, 0.25) is 0 Å². The molecule has 0 radical (unpaired) electrons. The van der Waals surface area contributed by atoms with E-state index in [1.165, 1.54) is 12.8 Å². The Hall–Kier alpha value is -2.96. The highest BCUT2D eigenvalue weighted by Crippen LogP contribution is 2.39. The van der Waals surface area contributed by atoms with Gasteiger partial charge in [0.25, 0.3) is 5.91 Å². The van der Waals surface area contributed by atoms with E-state index in [0.717, 1.165) is 29.9 Å². The van der Waals surface area contributed by atoms with E-state index in [4.69, 9.17) is 0 Å². The van der Waals surface area contributed by atoms with Crippen molar-refractivity contribution < 1.29 is 4.79 Å². The van der Waals surface area contributed by atoms with E-state index in [1.54, 1.807) is 4.68 Å². The molecular weight excluding hydrogens is 340 g/mol. The Morgan fingerprint density at radius 1 is 1.15 bits per heavy atom. The molecule has 5 rings (SSSR count). The van der Waals surface area contributed by atoms with Gasteiger partial charge in [-0.05, 0) is 25.3 Å². The van der Waals surface area contributed by atoms with Crippen LogP contribution in [0.5, 0.6) is 0 Å². The zero-order valence-corrected chi connectivity index (χ0v) is 15.3. The van der Waals surface area contributed by atoms with Crippen LogP contribution >= 0.6 is 0 Å². The molecule has 1 aliphatic heterocycles. The Labute approximate surface area is 157 Å². The van der Waals surface area contributed by atoms with E-state index in [1.807, 2.05) is 53.0 Å². The average molecular weight is 362 g/mol. The maximum absolute atomic E-state index is 13.0. The van der Waals surface area contributed by atoms with Gasteiger partial charge in [-0.25, -0.2) is 4.68 Å². The van der Waals surface area contributed by atoms with E-state index < -0.39 is 0 Å². The highest BCUT2D eigenvalue weighted by atomic mass is 16.2. The molecule has 1 saturated carbocycles. The van der Waals surface area contributed by atoms with Crippen LogP contribution in [0, 0.1) is 0 Å². The lowest BCUT2D eigenvalue weighted by molar-refractivity contribution is 0.0776. The van der Waals surface area contributed by atoms with Gasteiger partial charge in [0.05, 0.1) is 17.4 Å². The molecular formula is C20H22N6O. The Bertz CT molecular complexity index is 972. The zero-order chi connectivity index (χ0) is 18.4. The van der Waals surface area contributed by atoms with Gasteiger partial charge in [-0.15, -0.1) is 5.10 Å². The lowest BCUT2D eigenvalue weighted by atomic mass is 10.1. The minimum atomic E-state index is 0.0252. The molecule has 2 aliphatic rings. The van der Waals surface area contributed by atoms with Crippen LogP contribution < -0.4 is 0 Å². The number of likely N-dealkylation sites (tertiary alicyclic amines) is 1. The number of aromatic nitrogens is 5. The smallest absolute Gasteiger partial charge is 0.272 e. The number of benzene rings is 1. The van der Waals surface area contributed by atoms with E-state index in [2.05, 4.69) is 21.6 Å². The number of hydrogen-bond donors (Lipinski definition) is 0. The first-order valence-corrected chi connectivity index (χ1v) is 9.49. The second kappa shape index (κ2) is 6.33. The van der Waals surface area contributed by atoms with Crippen LogP contribution in [0.3, 0.4) is 0 Å². The van der Waals surface area contributed by atoms with Crippen molar-refractivity contribution in [2.45, 2.75) is 31.2 Å². The first-order valence-electron chi connectivity index (χ1n) is 9.49. The number of carbonyl (C=O) groups is 1. The minimum Gasteiger partial charge on any atom is -0.335 e. The summed E-state index contributed by atoms with van der Waals surface area (Å²) in [6, 6.07) is 12.0. The third-order valence-electron chi connectivity index (χ3n) is 5.52. The standard InChI is InChI=1S/C20H22N6O/c1-24-19(11-17(22-24)14-5-3-2-4-6-14)20(27)25-10-9-16(12-25)26-13-18(21-23-26)15-7-8-15/h2-6,11,13,15-16H,7-10,12H2,1H3/t16-/m1/s1. The lowest BCUT2D eigenvalue weighted by Gasteiger charge is -2.16. The van der Waals surface area contributed by atoms with Crippen molar-refractivity contribution in [3.8, 4) is 11.3 Å². The fraction of sp³-hybridized carbons (Fsp3) is 0.400. The molecule has 7 heteroatoms. The topological polar surface area (TPSA) is 68.8 Å². The van der Waals surface area contributed by atoms with Gasteiger partial charge < -0.3 is 4.90 Å². The molecule has 7 nitrogen and oxygen atoms in total. The van der Waals surface area contributed by atoms with E-state index >= 15 is 0 Å². The molecule has 1 atom stereocenters. The van der Waals surface area contributed by atoms with Crippen molar-refractivity contribution in [1.29, 1.82) is 0 Å². The highest BCUT2D eigenvalue weighted by molar-refractivity contribution is 5.94. The molecule has 0 unspecified atom stereocenters. The van der Waals surface area contributed by atoms with Crippen molar-refractivity contribution >= 4 is 5.91 Å². The predicted molar refractivity (Wildman–Crippen MR) is 100 cm³/mol. The fourth-order valence-corrected chi connectivity index (χ4v) is 3.76. The first-order chi connectivity index (χ1) is 13.2. The van der Waals surface area contributed by atoms with Gasteiger partial charge in [0.15, 0.2) is 0 Å². The summed E-state index contributed by atoms with van der Waals surface area (Å²) in [5.74, 6) is 0.626. The van der Waals surface area contributed by atoms with Crippen LogP contribution in [0.4, 0.5) is 0 Å². The van der Waals surface area contributed by atoms with Crippen LogP contribution in [-0.4, -0.2) is 48.7 Å². The minimum absolute atomic E-state index is 0.0252. The average Bonchev–Trinajstić information content (AvgIpc) is 3.11. The second-order valence-corrected chi connectivity index (χ2v) is 7.50. The summed E-state index contributed by atoms with van der Waals surface area (Å²) in [4.78, 5) is 14.9. The van der Waals surface area contributed by atoms with Gasteiger partial charge in [-0.2, -0.15) is 5.10 Å². The van der Waals surface area contributed by atoms with Crippen LogP contribution in [0.1, 0.15) is 47.4 Å². The summed E-state index contributed by atoms with van der Waals surface area (Å²) >= 11 is 0. The number of nitrogens with zero attached hydrogens (tertiary/aromatic N) is 6. The summed E-state index contributed by atoms with van der Waals surface area (Å²) in [7, 11) is 1.83. The molecule has 0 N–H and O–H groups in total. The summed E-state index contributed by atoms with van der Waals surface area (Å²) in [5, 5.41) is 13.1. The van der Waals surface area contributed by atoms with Crippen molar-refractivity contribution in [3.05, 3.63) is 54.0 Å². The van der Waals surface area contributed by atoms with Crippen molar-refractivity contribution in [1.82, 2.24) is 29.7 Å². The molecule has 1 aliphatic carbocycles. The van der Waals surface area contributed by atoms with E-state index in [-0.39, 0.29) is 11.9 Å². The van der Waals surface area contributed by atoms with Gasteiger partial charge in [-0.1, -0.05) is 35.5 Å². The Kier molecular flexibility index (Phi) is 3.81. The molecule has 0 bridgehead atoms. The molecule has 27 heavy (non-hydrogen) atoms. The van der Waals surface area contributed by atoms with Crippen molar-refractivity contribution in [2.75, 3.05) is 13.1 Å². The molecule has 1 aromatic carbocycles. The maximum atomic E-state index is 13.0. The summed E-state index contributed by atoms with van der Waals surface area (Å²) in [6.45, 7) is 1.39. The third-order valence-corrected chi connectivity index (χ3v) is 5.52. The molecule has 1 amide bonds. The quantitative estimate of drug-likeness (QED) is 0.715. The number of rotatable bonds is 4. The number of aryl methyl sites for hydroxylation is 1. The highest BCUT2D eigenvalue weighted by Gasteiger charge is 2.32. The molecule has 0 spiro atoms. The molecule has 2 fully saturated rings. The molecule has 3 heterocycles. The number of amides is 1. The monoisotopic (exact) mass is 362 g/mol. The van der Waals surface area contributed by atoms with Crippen molar-refractivity contribution in [3.63, 3.8) is 0 Å². The molecule has 3 aromatic rings. The molecule has 1 saturated heterocycles. The second-order valence-electron chi connectivity index (χ2n) is 7.50. The Balaban J connectivity index is 1.32. The summed E-state index contributed by atoms with van der Waals surface area (Å²) in [6.07, 6.45) is 5.41. The van der Waals surface area contributed by atoms with E-state index in [9.17, 15) is 4.79 Å². The fourth-order valence-electron chi connectivity index (χ4n) is 3.76. The lowest BCUT2D eigenvalue weighted by Crippen LogP contribution is -2.30.